The molecule has 1 saturated heterocycles. The zero-order valence-electron chi connectivity index (χ0n) is 13.3. The highest BCUT2D eigenvalue weighted by Gasteiger charge is 2.52. The highest BCUT2D eigenvalue weighted by molar-refractivity contribution is 6.06. The lowest BCUT2D eigenvalue weighted by atomic mass is 9.75. The molecule has 5 nitrogen and oxygen atoms in total. The molecule has 23 heavy (non-hydrogen) atoms. The average molecular weight is 311 g/mol. The predicted molar refractivity (Wildman–Crippen MR) is 85.2 cm³/mol. The second kappa shape index (κ2) is 6.04. The maximum Gasteiger partial charge on any atom is 0.325 e. The zero-order chi connectivity index (χ0) is 16.4. The first kappa shape index (κ1) is 15.5. The monoisotopic (exact) mass is 311 g/mol. The van der Waals surface area contributed by atoms with Crippen molar-refractivity contribution in [3.05, 3.63) is 35.4 Å². The SMILES string of the molecule is C[C@]1(C2CCCCC2)NC(=O)N(Cc2cccc(C#N)c2)C1=O. The third-order valence-electron chi connectivity index (χ3n) is 5.12. The van der Waals surface area contributed by atoms with Gasteiger partial charge in [0.1, 0.15) is 5.54 Å². The molecule has 0 unspecified atom stereocenters. The van der Waals surface area contributed by atoms with E-state index in [1.807, 2.05) is 13.0 Å². The van der Waals surface area contributed by atoms with E-state index in [0.29, 0.717) is 5.56 Å². The van der Waals surface area contributed by atoms with E-state index in [1.165, 1.54) is 11.3 Å². The summed E-state index contributed by atoms with van der Waals surface area (Å²) in [4.78, 5) is 26.5. The highest BCUT2D eigenvalue weighted by Crippen LogP contribution is 2.36. The second-order valence-electron chi connectivity index (χ2n) is 6.67. The molecule has 3 amide bonds. The Kier molecular flexibility index (Phi) is 4.08. The Labute approximate surface area is 136 Å². The number of rotatable bonds is 3. The van der Waals surface area contributed by atoms with E-state index in [2.05, 4.69) is 11.4 Å². The van der Waals surface area contributed by atoms with Crippen molar-refractivity contribution in [2.45, 2.75) is 51.1 Å². The van der Waals surface area contributed by atoms with Gasteiger partial charge in [0, 0.05) is 0 Å². The fourth-order valence-corrected chi connectivity index (χ4v) is 3.74. The van der Waals surface area contributed by atoms with Crippen LogP contribution in [0.1, 0.15) is 50.2 Å². The maximum atomic E-state index is 12.9. The van der Waals surface area contributed by atoms with Gasteiger partial charge in [0.25, 0.3) is 5.91 Å². The summed E-state index contributed by atoms with van der Waals surface area (Å²) in [5.74, 6) is 0.0694. The first-order valence-corrected chi connectivity index (χ1v) is 8.18. The number of nitriles is 1. The molecular weight excluding hydrogens is 290 g/mol. The Morgan fingerprint density at radius 3 is 2.74 bits per heavy atom. The van der Waals surface area contributed by atoms with Crippen molar-refractivity contribution in [3.63, 3.8) is 0 Å². The molecule has 1 aliphatic carbocycles. The number of benzene rings is 1. The van der Waals surface area contributed by atoms with Gasteiger partial charge >= 0.3 is 6.03 Å². The van der Waals surface area contributed by atoms with E-state index in [0.717, 1.165) is 31.2 Å². The Balaban J connectivity index is 1.79. The van der Waals surface area contributed by atoms with Crippen molar-refractivity contribution < 1.29 is 9.59 Å². The number of urea groups is 1. The lowest BCUT2D eigenvalue weighted by molar-refractivity contribution is -0.133. The van der Waals surface area contributed by atoms with Crippen molar-refractivity contribution in [2.24, 2.45) is 5.92 Å². The molecule has 0 bridgehead atoms. The van der Waals surface area contributed by atoms with Gasteiger partial charge in [0.15, 0.2) is 0 Å². The second-order valence-corrected chi connectivity index (χ2v) is 6.67. The molecule has 2 aliphatic rings. The van der Waals surface area contributed by atoms with Crippen LogP contribution in [0.4, 0.5) is 4.79 Å². The summed E-state index contributed by atoms with van der Waals surface area (Å²) in [7, 11) is 0. The fourth-order valence-electron chi connectivity index (χ4n) is 3.74. The molecule has 120 valence electrons. The number of carbonyl (C=O) groups is 2. The predicted octanol–water partition coefficient (Wildman–Crippen LogP) is 2.95. The van der Waals surface area contributed by atoms with Crippen molar-refractivity contribution in [1.82, 2.24) is 10.2 Å². The van der Waals surface area contributed by atoms with Crippen LogP contribution in [0.2, 0.25) is 0 Å². The van der Waals surface area contributed by atoms with Crippen molar-refractivity contribution >= 4 is 11.9 Å². The summed E-state index contributed by atoms with van der Waals surface area (Å²) >= 11 is 0. The summed E-state index contributed by atoms with van der Waals surface area (Å²) in [5.41, 5.74) is 0.537. The smallest absolute Gasteiger partial charge is 0.323 e. The van der Waals surface area contributed by atoms with Crippen LogP contribution in [0, 0.1) is 17.2 Å². The summed E-state index contributed by atoms with van der Waals surface area (Å²) in [5, 5.41) is 11.9. The maximum absolute atomic E-state index is 12.9. The molecule has 1 aromatic carbocycles. The van der Waals surface area contributed by atoms with Gasteiger partial charge in [-0.2, -0.15) is 5.26 Å². The quantitative estimate of drug-likeness (QED) is 0.872. The van der Waals surface area contributed by atoms with Crippen LogP contribution >= 0.6 is 0 Å². The Morgan fingerprint density at radius 2 is 2.04 bits per heavy atom. The Morgan fingerprint density at radius 1 is 1.30 bits per heavy atom. The molecule has 5 heteroatoms. The normalized spacial score (nSPS) is 25.3. The number of hydrogen-bond acceptors (Lipinski definition) is 3. The standard InChI is InChI=1S/C18H21N3O2/c1-18(15-8-3-2-4-9-15)16(22)21(17(23)20-18)12-14-7-5-6-13(10-14)11-19/h5-7,10,15H,2-4,8-9,12H2,1H3,(H,20,23)/t18-/m1/s1. The van der Waals surface area contributed by atoms with Crippen LogP contribution in [0.25, 0.3) is 0 Å². The minimum absolute atomic E-state index is 0.142. The summed E-state index contributed by atoms with van der Waals surface area (Å²) in [6.07, 6.45) is 5.42. The Bertz CT molecular complexity index is 673. The van der Waals surface area contributed by atoms with Crippen LogP contribution in [-0.4, -0.2) is 22.4 Å². The van der Waals surface area contributed by atoms with Crippen molar-refractivity contribution in [2.75, 3.05) is 0 Å². The van der Waals surface area contributed by atoms with Crippen molar-refractivity contribution in [3.8, 4) is 6.07 Å². The van der Waals surface area contributed by atoms with E-state index in [9.17, 15) is 9.59 Å². The summed E-state index contributed by atoms with van der Waals surface area (Å²) in [6.45, 7) is 2.07. The van der Waals surface area contributed by atoms with Gasteiger partial charge in [0.2, 0.25) is 0 Å². The van der Waals surface area contributed by atoms with E-state index in [-0.39, 0.29) is 24.4 Å². The van der Waals surface area contributed by atoms with Gasteiger partial charge in [-0.3, -0.25) is 9.69 Å². The van der Waals surface area contributed by atoms with Crippen LogP contribution in [0.5, 0.6) is 0 Å². The van der Waals surface area contributed by atoms with E-state index >= 15 is 0 Å². The minimum Gasteiger partial charge on any atom is -0.323 e. The molecular formula is C18H21N3O2. The topological polar surface area (TPSA) is 73.2 Å². The van der Waals surface area contributed by atoms with Gasteiger partial charge < -0.3 is 5.32 Å². The molecule has 2 fully saturated rings. The first-order valence-electron chi connectivity index (χ1n) is 8.18. The minimum atomic E-state index is -0.787. The third kappa shape index (κ3) is 2.81. The van der Waals surface area contributed by atoms with Crippen LogP contribution < -0.4 is 5.32 Å². The van der Waals surface area contributed by atoms with Gasteiger partial charge in [-0.1, -0.05) is 31.4 Å². The van der Waals surface area contributed by atoms with Crippen molar-refractivity contribution in [1.29, 1.82) is 5.26 Å². The summed E-state index contributed by atoms with van der Waals surface area (Å²) in [6, 6.07) is 8.78. The number of hydrogen-bond donors (Lipinski definition) is 1. The van der Waals surface area contributed by atoms with Gasteiger partial charge in [-0.05, 0) is 43.4 Å². The molecule has 3 rings (SSSR count). The molecule has 0 aromatic heterocycles. The highest BCUT2D eigenvalue weighted by atomic mass is 16.2. The lowest BCUT2D eigenvalue weighted by Crippen LogP contribution is -2.51. The molecule has 1 aromatic rings. The van der Waals surface area contributed by atoms with E-state index in [4.69, 9.17) is 5.26 Å². The molecule has 1 aliphatic heterocycles. The molecule has 0 spiro atoms. The average Bonchev–Trinajstić information content (AvgIpc) is 2.80. The van der Waals surface area contributed by atoms with Crippen LogP contribution in [0.3, 0.4) is 0 Å². The first-order chi connectivity index (χ1) is 11.0. The molecule has 1 N–H and O–H groups in total. The number of amides is 3. The number of nitrogens with one attached hydrogen (secondary N) is 1. The third-order valence-corrected chi connectivity index (χ3v) is 5.12. The van der Waals surface area contributed by atoms with Crippen LogP contribution in [0.15, 0.2) is 24.3 Å². The molecule has 1 heterocycles. The zero-order valence-corrected chi connectivity index (χ0v) is 13.3. The van der Waals surface area contributed by atoms with Gasteiger partial charge in [-0.25, -0.2) is 4.79 Å². The lowest BCUT2D eigenvalue weighted by Gasteiger charge is -2.34. The number of imide groups is 1. The van der Waals surface area contributed by atoms with Gasteiger partial charge in [-0.15, -0.1) is 0 Å². The van der Waals surface area contributed by atoms with Gasteiger partial charge in [0.05, 0.1) is 18.2 Å². The molecule has 0 radical (unpaired) electrons. The number of carbonyl (C=O) groups excluding carboxylic acids is 2. The number of nitrogens with zero attached hydrogens (tertiary/aromatic N) is 2. The van der Waals surface area contributed by atoms with Crippen LogP contribution in [-0.2, 0) is 11.3 Å². The largest absolute Gasteiger partial charge is 0.325 e. The van der Waals surface area contributed by atoms with E-state index < -0.39 is 5.54 Å². The summed E-state index contributed by atoms with van der Waals surface area (Å²) < 4.78 is 0. The van der Waals surface area contributed by atoms with E-state index in [1.54, 1.807) is 18.2 Å². The molecule has 1 atom stereocenters. The Hall–Kier alpha value is -2.35. The molecule has 1 saturated carbocycles. The fraction of sp³-hybridized carbons (Fsp3) is 0.500.